The molecule has 0 saturated heterocycles. The number of aliphatic hydroxyl groups excluding tert-OH is 1. The Bertz CT molecular complexity index is 315. The van der Waals surface area contributed by atoms with Crippen LogP contribution >= 0.6 is 11.8 Å². The fourth-order valence-corrected chi connectivity index (χ4v) is 2.41. The molecular weight excluding hydrogens is 223 g/mol. The summed E-state index contributed by atoms with van der Waals surface area (Å²) >= 11 is 1.72. The van der Waals surface area contributed by atoms with Crippen LogP contribution in [0.2, 0.25) is 0 Å². The third-order valence-electron chi connectivity index (χ3n) is 2.17. The van der Waals surface area contributed by atoms with E-state index >= 15 is 0 Å². The lowest BCUT2D eigenvalue weighted by molar-refractivity contribution is 0.198. The highest BCUT2D eigenvalue weighted by atomic mass is 32.2. The first kappa shape index (κ1) is 13.5. The van der Waals surface area contributed by atoms with E-state index in [9.17, 15) is 9.50 Å². The molecule has 0 aliphatic heterocycles. The molecule has 0 aliphatic carbocycles. The molecule has 16 heavy (non-hydrogen) atoms. The molecule has 1 aromatic rings. The van der Waals surface area contributed by atoms with Gasteiger partial charge in [-0.25, -0.2) is 4.39 Å². The van der Waals surface area contributed by atoms with Gasteiger partial charge in [0.15, 0.2) is 0 Å². The minimum absolute atomic E-state index is 0.226. The SMILES string of the molecule is CC(C)CSCC(O)Cc1ccccc1F. The van der Waals surface area contributed by atoms with Crippen LogP contribution in [0.1, 0.15) is 19.4 Å². The Labute approximate surface area is 101 Å². The summed E-state index contributed by atoms with van der Waals surface area (Å²) in [5.41, 5.74) is 0.597. The zero-order chi connectivity index (χ0) is 12.0. The molecule has 1 nitrogen and oxygen atoms in total. The summed E-state index contributed by atoms with van der Waals surface area (Å²) in [6.45, 7) is 4.30. The molecule has 1 aromatic carbocycles. The Morgan fingerprint density at radius 1 is 1.25 bits per heavy atom. The molecule has 0 amide bonds. The number of thioether (sulfide) groups is 1. The molecule has 1 rings (SSSR count). The molecule has 0 bridgehead atoms. The second-order valence-corrected chi connectivity index (χ2v) is 5.46. The largest absolute Gasteiger partial charge is 0.392 e. The minimum atomic E-state index is -0.458. The number of aliphatic hydroxyl groups is 1. The van der Waals surface area contributed by atoms with E-state index < -0.39 is 6.10 Å². The fraction of sp³-hybridized carbons (Fsp3) is 0.538. The minimum Gasteiger partial charge on any atom is -0.392 e. The van der Waals surface area contributed by atoms with Crippen LogP contribution in [0.5, 0.6) is 0 Å². The lowest BCUT2D eigenvalue weighted by atomic mass is 10.1. The van der Waals surface area contributed by atoms with Crippen LogP contribution in [-0.2, 0) is 6.42 Å². The quantitative estimate of drug-likeness (QED) is 0.827. The molecule has 3 heteroatoms. The summed E-state index contributed by atoms with van der Waals surface area (Å²) in [4.78, 5) is 0. The van der Waals surface area contributed by atoms with Crippen molar-refractivity contribution in [2.75, 3.05) is 11.5 Å². The monoisotopic (exact) mass is 242 g/mol. The van der Waals surface area contributed by atoms with Gasteiger partial charge >= 0.3 is 0 Å². The van der Waals surface area contributed by atoms with Gasteiger partial charge in [-0.3, -0.25) is 0 Å². The third-order valence-corrected chi connectivity index (χ3v) is 3.70. The van der Waals surface area contributed by atoms with E-state index in [1.165, 1.54) is 6.07 Å². The van der Waals surface area contributed by atoms with Gasteiger partial charge in [-0.2, -0.15) is 11.8 Å². The van der Waals surface area contributed by atoms with Crippen LogP contribution in [0.15, 0.2) is 24.3 Å². The van der Waals surface area contributed by atoms with Gasteiger partial charge in [-0.1, -0.05) is 32.0 Å². The lowest BCUT2D eigenvalue weighted by Gasteiger charge is -2.11. The van der Waals surface area contributed by atoms with Crippen molar-refractivity contribution >= 4 is 11.8 Å². The highest BCUT2D eigenvalue weighted by Gasteiger charge is 2.09. The van der Waals surface area contributed by atoms with E-state index in [1.807, 2.05) is 0 Å². The molecule has 0 aliphatic rings. The van der Waals surface area contributed by atoms with Gasteiger partial charge in [0.25, 0.3) is 0 Å². The second kappa shape index (κ2) is 6.92. The maximum Gasteiger partial charge on any atom is 0.126 e. The summed E-state index contributed by atoms with van der Waals surface area (Å²) in [6.07, 6.45) is -0.0572. The van der Waals surface area contributed by atoms with Crippen molar-refractivity contribution < 1.29 is 9.50 Å². The van der Waals surface area contributed by atoms with Crippen LogP contribution < -0.4 is 0 Å². The molecule has 0 saturated carbocycles. The molecule has 0 radical (unpaired) electrons. The molecule has 1 N–H and O–H groups in total. The van der Waals surface area contributed by atoms with Crippen molar-refractivity contribution in [1.82, 2.24) is 0 Å². The molecular formula is C13H19FOS. The first-order valence-corrected chi connectivity index (χ1v) is 6.74. The van der Waals surface area contributed by atoms with Crippen LogP contribution in [0.4, 0.5) is 4.39 Å². The third kappa shape index (κ3) is 4.99. The Morgan fingerprint density at radius 3 is 2.56 bits per heavy atom. The first-order chi connectivity index (χ1) is 7.59. The van der Waals surface area contributed by atoms with Crippen molar-refractivity contribution in [3.63, 3.8) is 0 Å². The summed E-state index contributed by atoms with van der Waals surface area (Å²) in [6, 6.07) is 6.63. The van der Waals surface area contributed by atoms with Gasteiger partial charge in [0.05, 0.1) is 6.10 Å². The normalized spacial score (nSPS) is 13.1. The Kier molecular flexibility index (Phi) is 5.85. The standard InChI is InChI=1S/C13H19FOS/c1-10(2)8-16-9-12(15)7-11-5-3-4-6-13(11)14/h3-6,10,12,15H,7-9H2,1-2H3. The average molecular weight is 242 g/mol. The van der Waals surface area contributed by atoms with Crippen molar-refractivity contribution in [2.24, 2.45) is 5.92 Å². The number of halogens is 1. The van der Waals surface area contributed by atoms with Crippen molar-refractivity contribution in [2.45, 2.75) is 26.4 Å². The van der Waals surface area contributed by atoms with E-state index in [1.54, 1.807) is 30.0 Å². The van der Waals surface area contributed by atoms with Gasteiger partial charge in [0, 0.05) is 12.2 Å². The van der Waals surface area contributed by atoms with E-state index in [4.69, 9.17) is 0 Å². The number of benzene rings is 1. The number of rotatable bonds is 6. The maximum absolute atomic E-state index is 13.3. The van der Waals surface area contributed by atoms with Crippen molar-refractivity contribution in [1.29, 1.82) is 0 Å². The van der Waals surface area contributed by atoms with E-state index in [2.05, 4.69) is 13.8 Å². The molecule has 0 aromatic heterocycles. The average Bonchev–Trinajstić information content (AvgIpc) is 2.21. The van der Waals surface area contributed by atoms with Crippen molar-refractivity contribution in [3.05, 3.63) is 35.6 Å². The summed E-state index contributed by atoms with van der Waals surface area (Å²) in [5.74, 6) is 2.11. The Balaban J connectivity index is 2.34. The smallest absolute Gasteiger partial charge is 0.126 e. The zero-order valence-electron chi connectivity index (χ0n) is 9.82. The zero-order valence-corrected chi connectivity index (χ0v) is 10.6. The predicted molar refractivity (Wildman–Crippen MR) is 68.3 cm³/mol. The molecule has 1 atom stereocenters. The lowest BCUT2D eigenvalue weighted by Crippen LogP contribution is -2.15. The molecule has 90 valence electrons. The van der Waals surface area contributed by atoms with Gasteiger partial charge in [-0.15, -0.1) is 0 Å². The predicted octanol–water partition coefficient (Wildman–Crippen LogP) is 3.12. The molecule has 0 heterocycles. The van der Waals surface area contributed by atoms with Gasteiger partial charge < -0.3 is 5.11 Å². The summed E-state index contributed by atoms with van der Waals surface area (Å²) in [7, 11) is 0. The van der Waals surface area contributed by atoms with Crippen LogP contribution in [-0.4, -0.2) is 22.7 Å². The first-order valence-electron chi connectivity index (χ1n) is 5.58. The fourth-order valence-electron chi connectivity index (χ4n) is 1.42. The van der Waals surface area contributed by atoms with E-state index in [-0.39, 0.29) is 5.82 Å². The van der Waals surface area contributed by atoms with E-state index in [0.29, 0.717) is 23.7 Å². The van der Waals surface area contributed by atoms with Crippen LogP contribution in [0, 0.1) is 11.7 Å². The van der Waals surface area contributed by atoms with Gasteiger partial charge in [0.1, 0.15) is 5.82 Å². The van der Waals surface area contributed by atoms with Crippen LogP contribution in [0.25, 0.3) is 0 Å². The molecule has 0 fully saturated rings. The van der Waals surface area contributed by atoms with Crippen molar-refractivity contribution in [3.8, 4) is 0 Å². The Morgan fingerprint density at radius 2 is 1.94 bits per heavy atom. The molecule has 0 spiro atoms. The van der Waals surface area contributed by atoms with Crippen LogP contribution in [0.3, 0.4) is 0 Å². The van der Waals surface area contributed by atoms with Gasteiger partial charge in [0.2, 0.25) is 0 Å². The highest BCUT2D eigenvalue weighted by molar-refractivity contribution is 7.99. The molecule has 1 unspecified atom stereocenters. The topological polar surface area (TPSA) is 20.2 Å². The second-order valence-electron chi connectivity index (χ2n) is 4.38. The van der Waals surface area contributed by atoms with Gasteiger partial charge in [-0.05, 0) is 23.3 Å². The summed E-state index contributed by atoms with van der Waals surface area (Å²) in [5, 5.41) is 9.75. The highest BCUT2D eigenvalue weighted by Crippen LogP contribution is 2.14. The number of hydrogen-bond donors (Lipinski definition) is 1. The summed E-state index contributed by atoms with van der Waals surface area (Å²) < 4.78 is 13.3. The van der Waals surface area contributed by atoms with E-state index in [0.717, 1.165) is 5.75 Å². The maximum atomic E-state index is 13.3. The Hall–Kier alpha value is -0.540. The number of hydrogen-bond acceptors (Lipinski definition) is 2.